The number of aryl methyl sites for hydroxylation is 1. The zero-order valence-electron chi connectivity index (χ0n) is 29.6. The summed E-state index contributed by atoms with van der Waals surface area (Å²) in [7, 11) is 4.19. The van der Waals surface area contributed by atoms with Crippen LogP contribution in [0.1, 0.15) is 88.8 Å². The van der Waals surface area contributed by atoms with Crippen LogP contribution in [0.2, 0.25) is 0 Å². The molecular formula is C39H66N6. The lowest BCUT2D eigenvalue weighted by Gasteiger charge is -2.15. The van der Waals surface area contributed by atoms with Gasteiger partial charge in [0.15, 0.2) is 0 Å². The number of aliphatic imine (C=N–C) groups is 1. The van der Waals surface area contributed by atoms with Gasteiger partial charge >= 0.3 is 0 Å². The fourth-order valence-corrected chi connectivity index (χ4v) is 4.74. The molecule has 0 radical (unpaired) electrons. The number of benzene rings is 1. The van der Waals surface area contributed by atoms with Gasteiger partial charge in [0.2, 0.25) is 0 Å². The fraction of sp³-hybridized carbons (Fsp3) is 0.462. The van der Waals surface area contributed by atoms with Crippen LogP contribution in [0.3, 0.4) is 0 Å². The zero-order chi connectivity index (χ0) is 34.5. The molecule has 6 heteroatoms. The van der Waals surface area contributed by atoms with Crippen LogP contribution in [0.25, 0.3) is 11.8 Å². The second-order valence-corrected chi connectivity index (χ2v) is 11.3. The average molecular weight is 619 g/mol. The van der Waals surface area contributed by atoms with Gasteiger partial charge in [-0.15, -0.1) is 0 Å². The molecule has 0 spiro atoms. The Morgan fingerprint density at radius 3 is 2.18 bits per heavy atom. The smallest absolute Gasteiger partial charge is 0.0566 e. The lowest BCUT2D eigenvalue weighted by Crippen LogP contribution is -2.19. The van der Waals surface area contributed by atoms with Crippen molar-refractivity contribution in [2.75, 3.05) is 33.7 Å². The highest BCUT2D eigenvalue weighted by atomic mass is 15.1. The van der Waals surface area contributed by atoms with Crippen molar-refractivity contribution in [1.82, 2.24) is 15.5 Å². The number of rotatable bonds is 21. The number of nitrogens with zero attached hydrogens (tertiary/aromatic N) is 2. The summed E-state index contributed by atoms with van der Waals surface area (Å²) in [6.45, 7) is 31.0. The molecule has 252 valence electrons. The first-order chi connectivity index (χ1) is 21.6. The lowest BCUT2D eigenvalue weighted by molar-refractivity contribution is 0.335. The van der Waals surface area contributed by atoms with Gasteiger partial charge in [0.05, 0.1) is 5.70 Å². The highest BCUT2D eigenvalue weighted by Crippen LogP contribution is 2.21. The number of nitrogens with one attached hydrogen (secondary N) is 2. The van der Waals surface area contributed by atoms with Crippen LogP contribution in [0.4, 0.5) is 0 Å². The molecule has 0 amide bonds. The number of hydrogen-bond donors (Lipinski definition) is 4. The van der Waals surface area contributed by atoms with Crippen LogP contribution < -0.4 is 22.1 Å². The van der Waals surface area contributed by atoms with Crippen LogP contribution in [-0.4, -0.2) is 45.3 Å². The van der Waals surface area contributed by atoms with Crippen LogP contribution in [0.15, 0.2) is 97.1 Å². The molecular weight excluding hydrogens is 552 g/mol. The van der Waals surface area contributed by atoms with E-state index < -0.39 is 0 Å². The van der Waals surface area contributed by atoms with Gasteiger partial charge in [-0.05, 0) is 126 Å². The highest BCUT2D eigenvalue weighted by molar-refractivity contribution is 5.68. The van der Waals surface area contributed by atoms with Gasteiger partial charge in [0.25, 0.3) is 0 Å². The van der Waals surface area contributed by atoms with Gasteiger partial charge < -0.3 is 27.0 Å². The predicted octanol–water partition coefficient (Wildman–Crippen LogP) is 8.72. The molecule has 0 aromatic heterocycles. The first kappa shape index (κ1) is 43.5. The predicted molar refractivity (Wildman–Crippen MR) is 205 cm³/mol. The molecule has 0 heterocycles. The van der Waals surface area contributed by atoms with E-state index >= 15 is 0 Å². The van der Waals surface area contributed by atoms with Crippen LogP contribution in [-0.2, 0) is 0 Å². The van der Waals surface area contributed by atoms with Gasteiger partial charge in [-0.1, -0.05) is 90.3 Å². The summed E-state index contributed by atoms with van der Waals surface area (Å²) in [6.07, 6.45) is 20.3. The lowest BCUT2D eigenvalue weighted by atomic mass is 9.94. The molecule has 45 heavy (non-hydrogen) atoms. The normalized spacial score (nSPS) is 12.0. The fourth-order valence-electron chi connectivity index (χ4n) is 4.74. The Kier molecular flexibility index (Phi) is 28.2. The highest BCUT2D eigenvalue weighted by Gasteiger charge is 2.07. The zero-order valence-corrected chi connectivity index (χ0v) is 29.6. The van der Waals surface area contributed by atoms with Gasteiger partial charge in [-0.2, -0.15) is 0 Å². The summed E-state index contributed by atoms with van der Waals surface area (Å²) in [5.74, 6) is 0.759. The van der Waals surface area contributed by atoms with E-state index in [-0.39, 0.29) is 0 Å². The Morgan fingerprint density at radius 2 is 1.69 bits per heavy atom. The SMILES string of the molecule is C=C/C(=C/c1ccc(C(=C)NC(/C=C\CCC(CCC)CCNC)=C/N=C)cc1C)CC(=C)N.C=CN.CCCN(C)CCC. The number of hydrogen-bond acceptors (Lipinski definition) is 6. The first-order valence-electron chi connectivity index (χ1n) is 16.4. The molecule has 1 aromatic carbocycles. The van der Waals surface area contributed by atoms with Crippen molar-refractivity contribution in [2.45, 2.75) is 79.1 Å². The van der Waals surface area contributed by atoms with Crippen molar-refractivity contribution in [3.63, 3.8) is 0 Å². The molecule has 6 N–H and O–H groups in total. The minimum Gasteiger partial charge on any atom is -0.405 e. The summed E-state index contributed by atoms with van der Waals surface area (Å²) in [5.41, 5.74) is 17.0. The van der Waals surface area contributed by atoms with Gasteiger partial charge in [-0.25, -0.2) is 0 Å². The monoisotopic (exact) mass is 619 g/mol. The molecule has 0 aliphatic heterocycles. The maximum atomic E-state index is 5.76. The van der Waals surface area contributed by atoms with E-state index in [0.717, 1.165) is 52.5 Å². The van der Waals surface area contributed by atoms with Crippen molar-refractivity contribution in [3.8, 4) is 0 Å². The number of allylic oxidation sites excluding steroid dienone is 4. The van der Waals surface area contributed by atoms with E-state index in [0.29, 0.717) is 12.1 Å². The van der Waals surface area contributed by atoms with E-state index in [4.69, 9.17) is 5.73 Å². The van der Waals surface area contributed by atoms with Gasteiger partial charge in [0.1, 0.15) is 0 Å². The van der Waals surface area contributed by atoms with E-state index in [9.17, 15) is 0 Å². The molecule has 6 nitrogen and oxygen atoms in total. The molecule has 0 aliphatic rings. The molecule has 1 unspecified atom stereocenters. The maximum Gasteiger partial charge on any atom is 0.0566 e. The van der Waals surface area contributed by atoms with E-state index in [1.165, 1.54) is 57.8 Å². The molecule has 1 aromatic rings. The molecule has 0 saturated heterocycles. The first-order valence-corrected chi connectivity index (χ1v) is 16.4. The minimum absolute atomic E-state index is 0.614. The van der Waals surface area contributed by atoms with E-state index in [1.54, 1.807) is 6.20 Å². The van der Waals surface area contributed by atoms with Crippen molar-refractivity contribution in [1.29, 1.82) is 0 Å². The van der Waals surface area contributed by atoms with Crippen molar-refractivity contribution >= 4 is 18.5 Å². The molecule has 0 aliphatic carbocycles. The van der Waals surface area contributed by atoms with E-state index in [2.05, 4.69) is 130 Å². The Labute approximate surface area is 277 Å². The summed E-state index contributed by atoms with van der Waals surface area (Å²) < 4.78 is 0. The van der Waals surface area contributed by atoms with Crippen LogP contribution >= 0.6 is 0 Å². The van der Waals surface area contributed by atoms with E-state index in [1.807, 2.05) is 13.1 Å². The largest absolute Gasteiger partial charge is 0.405 e. The summed E-state index contributed by atoms with van der Waals surface area (Å²) in [5, 5.41) is 6.65. The molecule has 0 bridgehead atoms. The average Bonchev–Trinajstić information content (AvgIpc) is 2.99. The molecule has 0 fully saturated rings. The third-order valence-corrected chi connectivity index (χ3v) is 6.93. The van der Waals surface area contributed by atoms with Crippen molar-refractivity contribution in [3.05, 3.63) is 109 Å². The topological polar surface area (TPSA) is 91.7 Å². The van der Waals surface area contributed by atoms with Crippen molar-refractivity contribution in [2.24, 2.45) is 22.4 Å². The minimum atomic E-state index is 0.614. The Hall–Kier alpha value is -3.61. The standard InChI is InChI=1S/C30H44N4.C7H17N.C2H5N/c1-8-12-27(17-18-32-6)13-10-11-14-30(22-33-7)34-25(5)29-16-15-28(23(3)19-29)21-26(9-2)20-24(4)31;1-4-6-8(3)7-5-2;1-2-3/h9,11,14-16,19,21-22,27,32,34H,2,4-5,7-8,10,12-13,17-18,20,31H2,1,3,6H3;4-7H2,1-3H3;2H,1,3H2/b14-11-,26-21-,30-22+;;. The van der Waals surface area contributed by atoms with Crippen LogP contribution in [0.5, 0.6) is 0 Å². The summed E-state index contributed by atoms with van der Waals surface area (Å²) in [6, 6.07) is 6.27. The van der Waals surface area contributed by atoms with Gasteiger partial charge in [-0.3, -0.25) is 4.99 Å². The quantitative estimate of drug-likeness (QED) is 0.0817. The maximum absolute atomic E-state index is 5.76. The second-order valence-electron chi connectivity index (χ2n) is 11.3. The Morgan fingerprint density at radius 1 is 1.04 bits per heavy atom. The van der Waals surface area contributed by atoms with Crippen molar-refractivity contribution < 1.29 is 0 Å². The molecule has 0 saturated carbocycles. The Balaban J connectivity index is 0. The molecule has 1 atom stereocenters. The second kappa shape index (κ2) is 29.1. The Bertz CT molecular complexity index is 1070. The third-order valence-electron chi connectivity index (χ3n) is 6.93. The molecule has 1 rings (SSSR count). The third kappa shape index (κ3) is 23.4. The van der Waals surface area contributed by atoms with Gasteiger partial charge in [0, 0.05) is 24.0 Å². The van der Waals surface area contributed by atoms with Crippen LogP contribution in [0, 0.1) is 12.8 Å². The number of nitrogens with two attached hydrogens (primary N) is 2. The summed E-state index contributed by atoms with van der Waals surface area (Å²) >= 11 is 0. The summed E-state index contributed by atoms with van der Waals surface area (Å²) in [4.78, 5) is 6.32.